The Kier molecular flexibility index (Phi) is 7.45. The summed E-state index contributed by atoms with van der Waals surface area (Å²) < 4.78 is 29.0. The Morgan fingerprint density at radius 1 is 0.971 bits per heavy atom. The zero-order valence-electron chi connectivity index (χ0n) is 19.6. The Balaban J connectivity index is 1.90. The Labute approximate surface area is 197 Å². The van der Waals surface area contributed by atoms with Crippen molar-refractivity contribution in [3.63, 3.8) is 0 Å². The highest BCUT2D eigenvalue weighted by Crippen LogP contribution is 2.26. The number of benzene rings is 2. The fourth-order valence-corrected chi connectivity index (χ4v) is 2.85. The van der Waals surface area contributed by atoms with Gasteiger partial charge in [-0.15, -0.1) is 0 Å². The van der Waals surface area contributed by atoms with Gasteiger partial charge in [-0.25, -0.2) is 23.9 Å². The highest BCUT2D eigenvalue weighted by atomic mass is 19.1. The number of rotatable bonds is 7. The number of ether oxygens (including phenoxy) is 3. The molecule has 3 aromatic rings. The number of carbonyl (C=O) groups excluding carboxylic acids is 2. The van der Waals surface area contributed by atoms with Gasteiger partial charge in [-0.1, -0.05) is 0 Å². The van der Waals surface area contributed by atoms with Crippen molar-refractivity contribution in [1.29, 1.82) is 0 Å². The number of methoxy groups -OCH3 is 1. The van der Waals surface area contributed by atoms with Gasteiger partial charge in [-0.2, -0.15) is 0 Å². The van der Waals surface area contributed by atoms with Crippen LogP contribution in [-0.4, -0.2) is 40.7 Å². The lowest BCUT2D eigenvalue weighted by Gasteiger charge is -2.20. The molecule has 2 aromatic carbocycles. The Morgan fingerprint density at radius 3 is 2.12 bits per heavy atom. The maximum absolute atomic E-state index is 13.1. The first-order chi connectivity index (χ1) is 16.0. The summed E-state index contributed by atoms with van der Waals surface area (Å²) in [5, 5.41) is 2.92. The molecule has 0 amide bonds. The van der Waals surface area contributed by atoms with Crippen LogP contribution in [0.4, 0.5) is 10.2 Å². The van der Waals surface area contributed by atoms with Crippen molar-refractivity contribution in [3.05, 3.63) is 66.1 Å². The zero-order chi connectivity index (χ0) is 24.9. The summed E-state index contributed by atoms with van der Waals surface area (Å²) in [6.45, 7) is 6.88. The number of esters is 2. The lowest BCUT2D eigenvalue weighted by molar-refractivity contribution is -0.141. The molecule has 3 rings (SSSR count). The lowest BCUT2D eigenvalue weighted by atomic mass is 10.2. The van der Waals surface area contributed by atoms with Gasteiger partial charge in [0.1, 0.15) is 34.8 Å². The number of carbonyl (C=O) groups is 2. The van der Waals surface area contributed by atoms with Crippen molar-refractivity contribution >= 4 is 17.8 Å². The molecule has 0 aliphatic carbocycles. The minimum atomic E-state index is -0.714. The van der Waals surface area contributed by atoms with E-state index in [1.807, 2.05) is 0 Å². The third kappa shape index (κ3) is 6.74. The summed E-state index contributed by atoms with van der Waals surface area (Å²) in [5.41, 5.74) is -0.0780. The number of hydrogen-bond donors (Lipinski definition) is 1. The number of hydrogen-bond acceptors (Lipinski definition) is 8. The van der Waals surface area contributed by atoms with Crippen LogP contribution < -0.4 is 10.1 Å². The summed E-state index contributed by atoms with van der Waals surface area (Å²) in [6.07, 6.45) is 0. The van der Waals surface area contributed by atoms with E-state index in [1.54, 1.807) is 52.0 Å². The van der Waals surface area contributed by atoms with E-state index in [9.17, 15) is 14.0 Å². The second-order valence-electron chi connectivity index (χ2n) is 8.43. The van der Waals surface area contributed by atoms with Crippen LogP contribution in [-0.2, 0) is 14.3 Å². The average molecular weight is 467 g/mol. The molecule has 0 radical (unpaired) electrons. The molecular formula is C25H26FN3O5. The van der Waals surface area contributed by atoms with Crippen molar-refractivity contribution in [1.82, 2.24) is 9.97 Å². The zero-order valence-corrected chi connectivity index (χ0v) is 19.6. The molecule has 0 saturated heterocycles. The van der Waals surface area contributed by atoms with Gasteiger partial charge in [0.05, 0.1) is 7.11 Å². The molecule has 0 aliphatic heterocycles. The fraction of sp³-hybridized carbons (Fsp3) is 0.280. The van der Waals surface area contributed by atoms with E-state index in [0.29, 0.717) is 17.1 Å². The van der Waals surface area contributed by atoms with Gasteiger partial charge in [-0.05, 0) is 76.2 Å². The molecule has 9 heteroatoms. The van der Waals surface area contributed by atoms with E-state index in [1.165, 1.54) is 37.4 Å². The van der Waals surface area contributed by atoms with Crippen LogP contribution in [0.2, 0.25) is 0 Å². The topological polar surface area (TPSA) is 99.6 Å². The third-order valence-corrected chi connectivity index (χ3v) is 4.42. The number of halogens is 1. The van der Waals surface area contributed by atoms with Crippen molar-refractivity contribution < 1.29 is 28.2 Å². The van der Waals surface area contributed by atoms with Crippen molar-refractivity contribution in [2.24, 2.45) is 0 Å². The summed E-state index contributed by atoms with van der Waals surface area (Å²) in [6, 6.07) is 13.2. The number of nitrogens with one attached hydrogen (secondary N) is 1. The summed E-state index contributed by atoms with van der Waals surface area (Å²) in [4.78, 5) is 33.3. The molecular weight excluding hydrogens is 441 g/mol. The molecule has 1 atom stereocenters. The normalized spacial score (nSPS) is 11.9. The monoisotopic (exact) mass is 467 g/mol. The van der Waals surface area contributed by atoms with Gasteiger partial charge in [-0.3, -0.25) is 0 Å². The van der Waals surface area contributed by atoms with Crippen LogP contribution in [0.25, 0.3) is 11.4 Å². The van der Waals surface area contributed by atoms with Gasteiger partial charge >= 0.3 is 11.9 Å². The van der Waals surface area contributed by atoms with E-state index in [-0.39, 0.29) is 23.2 Å². The molecule has 178 valence electrons. The van der Waals surface area contributed by atoms with Gasteiger partial charge < -0.3 is 19.5 Å². The van der Waals surface area contributed by atoms with E-state index < -0.39 is 23.6 Å². The van der Waals surface area contributed by atoms with Crippen molar-refractivity contribution in [2.45, 2.75) is 39.3 Å². The molecule has 1 N–H and O–H groups in total. The molecule has 34 heavy (non-hydrogen) atoms. The average Bonchev–Trinajstić information content (AvgIpc) is 2.79. The Bertz CT molecular complexity index is 1160. The second kappa shape index (κ2) is 10.3. The van der Waals surface area contributed by atoms with Gasteiger partial charge in [0, 0.05) is 11.6 Å². The number of aromatic nitrogens is 2. The standard InChI is InChI=1S/C25H26FN3O5/c1-15(23(30)32-5)27-21-14-20(24(31)34-25(2,3)4)28-22(29-21)16-6-10-18(11-7-16)33-19-12-8-17(26)9-13-19/h6-15H,1-5H3,(H,27,28,29). The number of nitrogens with zero attached hydrogens (tertiary/aromatic N) is 2. The SMILES string of the molecule is COC(=O)C(C)Nc1cc(C(=O)OC(C)(C)C)nc(-c2ccc(Oc3ccc(F)cc3)cc2)n1. The van der Waals surface area contributed by atoms with Gasteiger partial charge in [0.2, 0.25) is 0 Å². The number of anilines is 1. The summed E-state index contributed by atoms with van der Waals surface area (Å²) in [7, 11) is 1.29. The summed E-state index contributed by atoms with van der Waals surface area (Å²) >= 11 is 0. The minimum Gasteiger partial charge on any atom is -0.467 e. The predicted octanol–water partition coefficient (Wildman–Crippen LogP) is 5.00. The fourth-order valence-electron chi connectivity index (χ4n) is 2.85. The van der Waals surface area contributed by atoms with Crippen LogP contribution >= 0.6 is 0 Å². The highest BCUT2D eigenvalue weighted by Gasteiger charge is 2.22. The van der Waals surface area contributed by atoms with Gasteiger partial charge in [0.25, 0.3) is 0 Å². The largest absolute Gasteiger partial charge is 0.467 e. The maximum atomic E-state index is 13.1. The molecule has 1 aromatic heterocycles. The van der Waals surface area contributed by atoms with Crippen molar-refractivity contribution in [3.8, 4) is 22.9 Å². The van der Waals surface area contributed by atoms with E-state index in [2.05, 4.69) is 15.3 Å². The first-order valence-corrected chi connectivity index (χ1v) is 10.5. The van der Waals surface area contributed by atoms with Gasteiger partial charge in [0.15, 0.2) is 11.5 Å². The first kappa shape index (κ1) is 24.6. The van der Waals surface area contributed by atoms with E-state index in [0.717, 1.165) is 0 Å². The molecule has 1 unspecified atom stereocenters. The maximum Gasteiger partial charge on any atom is 0.357 e. The van der Waals surface area contributed by atoms with E-state index >= 15 is 0 Å². The first-order valence-electron chi connectivity index (χ1n) is 10.5. The van der Waals surface area contributed by atoms with Crippen LogP contribution in [0.3, 0.4) is 0 Å². The second-order valence-corrected chi connectivity index (χ2v) is 8.43. The highest BCUT2D eigenvalue weighted by molar-refractivity contribution is 5.89. The summed E-state index contributed by atoms with van der Waals surface area (Å²) in [5.74, 6) is 0.0571. The predicted molar refractivity (Wildman–Crippen MR) is 124 cm³/mol. The van der Waals surface area contributed by atoms with Crippen molar-refractivity contribution in [2.75, 3.05) is 12.4 Å². The van der Waals surface area contributed by atoms with E-state index in [4.69, 9.17) is 14.2 Å². The molecule has 0 fully saturated rings. The molecule has 0 saturated carbocycles. The van der Waals surface area contributed by atoms with Crippen LogP contribution in [0.15, 0.2) is 54.6 Å². The minimum absolute atomic E-state index is 0.0335. The molecule has 8 nitrogen and oxygen atoms in total. The smallest absolute Gasteiger partial charge is 0.357 e. The van der Waals surface area contributed by atoms with Crippen LogP contribution in [0.1, 0.15) is 38.2 Å². The molecule has 0 bridgehead atoms. The third-order valence-electron chi connectivity index (χ3n) is 4.42. The lowest BCUT2D eigenvalue weighted by Crippen LogP contribution is -2.28. The quantitative estimate of drug-likeness (QED) is 0.485. The Morgan fingerprint density at radius 2 is 1.56 bits per heavy atom. The van der Waals surface area contributed by atoms with Crippen LogP contribution in [0.5, 0.6) is 11.5 Å². The Hall–Kier alpha value is -4.01. The molecule has 0 spiro atoms. The molecule has 1 heterocycles. The van der Waals surface area contributed by atoms with Crippen LogP contribution in [0, 0.1) is 5.82 Å². The molecule has 0 aliphatic rings.